The normalized spacial score (nSPS) is 14.3. The fourth-order valence-electron chi connectivity index (χ4n) is 6.39. The Morgan fingerprint density at radius 3 is 1.12 bits per heavy atom. The molecule has 0 N–H and O–H groups in total. The molecule has 0 saturated heterocycles. The van der Waals surface area contributed by atoms with Gasteiger partial charge in [-0.1, -0.05) is 151 Å². The Balaban J connectivity index is 1.24. The summed E-state index contributed by atoms with van der Waals surface area (Å²) < 4.78 is 111. The Hall–Kier alpha value is -6.90. The lowest BCUT2D eigenvalue weighted by atomic mass is 9.98. The molecule has 0 unspecified atom stereocenters. The Kier molecular flexibility index (Phi) is 5.48. The summed E-state index contributed by atoms with van der Waals surface area (Å²) in [5.74, 6) is 0. The Morgan fingerprint density at radius 1 is 0.288 bits per heavy atom. The van der Waals surface area contributed by atoms with Gasteiger partial charge in [-0.3, -0.25) is 0 Å². The zero-order valence-electron chi connectivity index (χ0n) is 39.8. The van der Waals surface area contributed by atoms with E-state index in [0.29, 0.717) is 22.7 Å². The van der Waals surface area contributed by atoms with Crippen LogP contribution in [0, 0.1) is 0 Å². The summed E-state index contributed by atoms with van der Waals surface area (Å²) >= 11 is 0. The third kappa shape index (κ3) is 5.97. The van der Waals surface area contributed by atoms with Crippen molar-refractivity contribution in [2.24, 2.45) is 0 Å². The molecule has 0 aliphatic heterocycles. The summed E-state index contributed by atoms with van der Waals surface area (Å²) in [7, 11) is 0. The smallest absolute Gasteiger partial charge is 0.0645 e. The van der Waals surface area contributed by atoms with Gasteiger partial charge in [0, 0.05) is 33.8 Å². The molecule has 0 atom stereocenters. The largest absolute Gasteiger partial charge is 0.311 e. The second-order valence-electron chi connectivity index (χ2n) is 12.0. The van der Waals surface area contributed by atoms with Gasteiger partial charge in [0.15, 0.2) is 0 Å². The summed E-state index contributed by atoms with van der Waals surface area (Å²) in [6.45, 7) is 0. The molecule has 9 aromatic rings. The van der Waals surface area contributed by atoms with Gasteiger partial charge in [0.1, 0.15) is 0 Å². The van der Waals surface area contributed by atoms with E-state index in [1.54, 1.807) is 82.6 Å². The second-order valence-corrected chi connectivity index (χ2v) is 12.0. The van der Waals surface area contributed by atoms with Crippen LogP contribution >= 0.6 is 0 Å². The van der Waals surface area contributed by atoms with Crippen LogP contribution in [-0.4, -0.2) is 0 Å². The first-order chi connectivity index (χ1) is 30.8. The molecule has 246 valence electrons. The lowest BCUT2D eigenvalue weighted by Crippen LogP contribution is -2.10. The summed E-state index contributed by atoms with van der Waals surface area (Å²) in [5, 5.41) is 3.57. The lowest BCUT2D eigenvalue weighted by molar-refractivity contribution is 1.28. The van der Waals surface area contributed by atoms with Crippen LogP contribution in [0.5, 0.6) is 0 Å². The molecule has 0 heterocycles. The maximum Gasteiger partial charge on any atom is 0.0645 e. The minimum absolute atomic E-state index is 0.0898. The summed E-state index contributed by atoms with van der Waals surface area (Å²) in [6.07, 6.45) is 0. The molecule has 9 rings (SSSR count). The molecule has 0 spiro atoms. The summed E-state index contributed by atoms with van der Waals surface area (Å²) in [4.78, 5) is 3.25. The first-order valence-corrected chi connectivity index (χ1v) is 16.8. The van der Waals surface area contributed by atoms with E-state index in [1.165, 1.54) is 0 Å². The highest BCUT2D eigenvalue weighted by molar-refractivity contribution is 6.14. The first-order valence-electron chi connectivity index (χ1n) is 22.8. The summed E-state index contributed by atoms with van der Waals surface area (Å²) in [6, 6.07) is 37.0. The second kappa shape index (κ2) is 13.8. The predicted octanol–water partition coefficient (Wildman–Crippen LogP) is 14.3. The lowest BCUT2D eigenvalue weighted by Gasteiger charge is -2.27. The number of hydrogen-bond acceptors (Lipinski definition) is 2. The van der Waals surface area contributed by atoms with Crippen LogP contribution < -0.4 is 9.80 Å². The van der Waals surface area contributed by atoms with E-state index >= 15 is 0 Å². The summed E-state index contributed by atoms with van der Waals surface area (Å²) in [5.41, 5.74) is 0.132. The third-order valence-electron chi connectivity index (χ3n) is 8.83. The highest BCUT2D eigenvalue weighted by Gasteiger charge is 2.17. The SMILES string of the molecule is [2H]c1c([2H])c(-c2c([2H])c([2H])c(N(c3ccccc3)c3cc4ccccc4c4ccccc34)c([2H])c2[2H])c([2H])c([2H])c1-c1c([2H])c([2H])c(N(c2ccccc2)c2ccccc2)c([2H])c1[2H]. The van der Waals surface area contributed by atoms with Crippen molar-refractivity contribution in [2.45, 2.75) is 0 Å². The molecule has 0 amide bonds. The molecule has 52 heavy (non-hydrogen) atoms. The number of anilines is 6. The molecule has 9 aromatic carbocycles. The highest BCUT2D eigenvalue weighted by Crippen LogP contribution is 2.42. The van der Waals surface area contributed by atoms with Crippen molar-refractivity contribution in [1.29, 1.82) is 0 Å². The maximum atomic E-state index is 9.49. The molecular formula is C50H36N2. The zero-order valence-corrected chi connectivity index (χ0v) is 27.8. The fraction of sp³-hybridized carbons (Fsp3) is 0. The van der Waals surface area contributed by atoms with Crippen LogP contribution in [0.3, 0.4) is 0 Å². The molecule has 0 radical (unpaired) electrons. The highest BCUT2D eigenvalue weighted by atomic mass is 15.1. The van der Waals surface area contributed by atoms with E-state index in [1.807, 2.05) is 72.8 Å². The van der Waals surface area contributed by atoms with Gasteiger partial charge in [0.25, 0.3) is 0 Å². The van der Waals surface area contributed by atoms with Gasteiger partial charge in [-0.05, 0) is 105 Å². The van der Waals surface area contributed by atoms with Crippen molar-refractivity contribution in [1.82, 2.24) is 0 Å². The molecule has 0 saturated carbocycles. The molecule has 0 bridgehead atoms. The van der Waals surface area contributed by atoms with E-state index in [4.69, 9.17) is 0 Å². The van der Waals surface area contributed by atoms with Gasteiger partial charge in [0.2, 0.25) is 0 Å². The van der Waals surface area contributed by atoms with E-state index in [0.717, 1.165) is 21.5 Å². The topological polar surface area (TPSA) is 6.48 Å². The van der Waals surface area contributed by atoms with Gasteiger partial charge in [-0.15, -0.1) is 0 Å². The van der Waals surface area contributed by atoms with Crippen molar-refractivity contribution >= 4 is 55.7 Å². The van der Waals surface area contributed by atoms with Gasteiger partial charge in [-0.2, -0.15) is 0 Å². The molecule has 2 nitrogen and oxygen atoms in total. The van der Waals surface area contributed by atoms with Gasteiger partial charge >= 0.3 is 0 Å². The van der Waals surface area contributed by atoms with E-state index < -0.39 is 94.8 Å². The van der Waals surface area contributed by atoms with E-state index in [2.05, 4.69) is 0 Å². The Labute approximate surface area is 322 Å². The zero-order chi connectivity index (χ0) is 45.1. The minimum Gasteiger partial charge on any atom is -0.311 e. The van der Waals surface area contributed by atoms with Crippen molar-refractivity contribution in [2.75, 3.05) is 9.80 Å². The molecule has 2 heteroatoms. The van der Waals surface area contributed by atoms with Crippen molar-refractivity contribution < 1.29 is 16.4 Å². The number of hydrogen-bond donors (Lipinski definition) is 0. The van der Waals surface area contributed by atoms with E-state index in [9.17, 15) is 16.4 Å². The minimum atomic E-state index is -0.735. The Bertz CT molecular complexity index is 3180. The number of fused-ring (bicyclic) bond motifs is 3. The number of benzene rings is 9. The van der Waals surface area contributed by atoms with Gasteiger partial charge in [-0.25, -0.2) is 0 Å². The standard InChI is InChI=1S/C50H36N2/c1-4-15-42(16-5-1)51(43-17-6-2-7-18-43)45-32-28-39(29-33-45)37-24-26-38(27-25-37)40-30-34-46(35-31-40)52(44-19-8-3-9-20-44)50-36-41-14-10-11-21-47(41)48-22-12-13-23-49(48)50/h1-36H/i24D,25D,26D,27D,28D,29D,30D,31D,32D,33D,34D,35D. The van der Waals surface area contributed by atoms with Crippen LogP contribution in [-0.2, 0) is 0 Å². The van der Waals surface area contributed by atoms with Crippen LogP contribution in [0.2, 0.25) is 0 Å². The number of nitrogens with zero attached hydrogens (tertiary/aromatic N) is 2. The fourth-order valence-corrected chi connectivity index (χ4v) is 6.39. The quantitative estimate of drug-likeness (QED) is 0.148. The first kappa shape index (κ1) is 20.7. The molecule has 0 aromatic heterocycles. The van der Waals surface area contributed by atoms with Gasteiger partial charge in [0.05, 0.1) is 22.1 Å². The average Bonchev–Trinajstić information content (AvgIpc) is 3.32. The van der Waals surface area contributed by atoms with Crippen molar-refractivity contribution in [3.63, 3.8) is 0 Å². The number of rotatable bonds is 8. The third-order valence-corrected chi connectivity index (χ3v) is 8.83. The molecule has 0 aliphatic carbocycles. The van der Waals surface area contributed by atoms with Crippen molar-refractivity contribution in [3.8, 4) is 22.3 Å². The molecule has 0 fully saturated rings. The van der Waals surface area contributed by atoms with Crippen molar-refractivity contribution in [3.05, 3.63) is 218 Å². The molecular weight excluding hydrogens is 629 g/mol. The molecule has 0 aliphatic rings. The van der Waals surface area contributed by atoms with Crippen LogP contribution in [0.1, 0.15) is 16.4 Å². The van der Waals surface area contributed by atoms with E-state index in [-0.39, 0.29) is 11.4 Å². The predicted molar refractivity (Wildman–Crippen MR) is 222 cm³/mol. The van der Waals surface area contributed by atoms with Crippen LogP contribution in [0.15, 0.2) is 218 Å². The Morgan fingerprint density at radius 2 is 0.635 bits per heavy atom. The van der Waals surface area contributed by atoms with Gasteiger partial charge < -0.3 is 9.80 Å². The monoisotopic (exact) mass is 676 g/mol. The number of para-hydroxylation sites is 3. The maximum absolute atomic E-state index is 9.49. The van der Waals surface area contributed by atoms with Crippen LogP contribution in [0.25, 0.3) is 43.8 Å². The average molecular weight is 677 g/mol. The van der Waals surface area contributed by atoms with Crippen LogP contribution in [0.4, 0.5) is 34.1 Å².